The highest BCUT2D eigenvalue weighted by atomic mass is 16.1. The molecule has 2 rings (SSSR count). The monoisotopic (exact) mass is 162 g/mol. The van der Waals surface area contributed by atoms with Crippen LogP contribution in [-0.2, 0) is 7.05 Å². The zero-order valence-corrected chi connectivity index (χ0v) is 7.09. The van der Waals surface area contributed by atoms with Crippen molar-refractivity contribution in [3.63, 3.8) is 0 Å². The smallest absolute Gasteiger partial charge is 0.272 e. The van der Waals surface area contributed by atoms with Crippen LogP contribution < -0.4 is 5.56 Å². The van der Waals surface area contributed by atoms with Crippen LogP contribution in [0.2, 0.25) is 0 Å². The lowest BCUT2D eigenvalue weighted by Gasteiger charge is -1.96. The Bertz CT molecular complexity index is 479. The average Bonchev–Trinajstić information content (AvgIpc) is 2.42. The van der Waals surface area contributed by atoms with Crippen LogP contribution >= 0.6 is 0 Å². The van der Waals surface area contributed by atoms with E-state index in [1.54, 1.807) is 6.20 Å². The van der Waals surface area contributed by atoms with Crippen LogP contribution in [0.25, 0.3) is 10.9 Å². The van der Waals surface area contributed by atoms with Gasteiger partial charge in [0, 0.05) is 24.8 Å². The molecule has 0 aromatic carbocycles. The molecule has 0 aliphatic heterocycles. The van der Waals surface area contributed by atoms with Gasteiger partial charge in [-0.2, -0.15) is 0 Å². The molecule has 1 N–H and O–H groups in total. The summed E-state index contributed by atoms with van der Waals surface area (Å²) in [6.45, 7) is 1.98. The number of nitrogens with zero attached hydrogens (tertiary/aromatic N) is 1. The van der Waals surface area contributed by atoms with Gasteiger partial charge in [-0.15, -0.1) is 0 Å². The number of aryl methyl sites for hydroxylation is 2. The second-order valence-corrected chi connectivity index (χ2v) is 2.99. The summed E-state index contributed by atoms with van der Waals surface area (Å²) in [6, 6.07) is 1.96. The Kier molecular flexibility index (Phi) is 1.33. The maximum atomic E-state index is 11.3. The molecule has 3 nitrogen and oxygen atoms in total. The molecule has 2 heterocycles. The normalized spacial score (nSPS) is 10.8. The minimum Gasteiger partial charge on any atom is -0.346 e. The van der Waals surface area contributed by atoms with Gasteiger partial charge in [-0.05, 0) is 18.6 Å². The fourth-order valence-electron chi connectivity index (χ4n) is 1.45. The van der Waals surface area contributed by atoms with E-state index in [1.165, 1.54) is 0 Å². The zero-order chi connectivity index (χ0) is 8.72. The Morgan fingerprint density at radius 3 is 2.92 bits per heavy atom. The Morgan fingerprint density at radius 1 is 1.50 bits per heavy atom. The summed E-state index contributed by atoms with van der Waals surface area (Å²) in [6.07, 6.45) is 3.64. The number of hydrogen-bond acceptors (Lipinski definition) is 1. The van der Waals surface area contributed by atoms with Crippen LogP contribution in [0.15, 0.2) is 23.3 Å². The van der Waals surface area contributed by atoms with E-state index >= 15 is 0 Å². The van der Waals surface area contributed by atoms with Crippen molar-refractivity contribution in [2.24, 2.45) is 7.05 Å². The van der Waals surface area contributed by atoms with E-state index < -0.39 is 0 Å². The highest BCUT2D eigenvalue weighted by Gasteiger charge is 2.03. The van der Waals surface area contributed by atoms with Crippen LogP contribution in [0, 0.1) is 6.92 Å². The molecular weight excluding hydrogens is 152 g/mol. The highest BCUT2D eigenvalue weighted by Crippen LogP contribution is 2.13. The van der Waals surface area contributed by atoms with E-state index in [9.17, 15) is 4.79 Å². The van der Waals surface area contributed by atoms with E-state index in [2.05, 4.69) is 4.98 Å². The van der Waals surface area contributed by atoms with E-state index in [0.29, 0.717) is 0 Å². The molecule has 12 heavy (non-hydrogen) atoms. The van der Waals surface area contributed by atoms with Crippen LogP contribution in [0.1, 0.15) is 5.56 Å². The maximum absolute atomic E-state index is 11.3. The minimum absolute atomic E-state index is 0.0249. The summed E-state index contributed by atoms with van der Waals surface area (Å²) in [5.74, 6) is 0. The number of H-pyrrole nitrogens is 1. The summed E-state index contributed by atoms with van der Waals surface area (Å²) in [4.78, 5) is 14.0. The molecule has 0 unspecified atom stereocenters. The van der Waals surface area contributed by atoms with Crippen LogP contribution in [0.4, 0.5) is 0 Å². The molecule has 0 saturated carbocycles. The summed E-state index contributed by atoms with van der Waals surface area (Å²) >= 11 is 0. The summed E-state index contributed by atoms with van der Waals surface area (Å²) in [7, 11) is 1.87. The Labute approximate surface area is 69.6 Å². The van der Waals surface area contributed by atoms with E-state index in [1.807, 2.05) is 30.8 Å². The van der Waals surface area contributed by atoms with Crippen molar-refractivity contribution >= 4 is 10.9 Å². The molecule has 0 spiro atoms. The molecule has 0 amide bonds. The summed E-state index contributed by atoms with van der Waals surface area (Å²) in [5.41, 5.74) is 1.82. The second kappa shape index (κ2) is 2.24. The summed E-state index contributed by atoms with van der Waals surface area (Å²) in [5, 5.41) is 1.03. The Balaban J connectivity index is 3.09. The largest absolute Gasteiger partial charge is 0.346 e. The first-order chi connectivity index (χ1) is 5.70. The molecule has 62 valence electrons. The van der Waals surface area contributed by atoms with Crippen LogP contribution in [0.5, 0.6) is 0 Å². The molecule has 0 bridgehead atoms. The maximum Gasteiger partial charge on any atom is 0.272 e. The standard InChI is InChI=1S/C9H10N2O/c1-6-5-10-9(12)8-7(6)3-4-11(8)2/h3-5H,1-2H3,(H,10,12). The second-order valence-electron chi connectivity index (χ2n) is 2.99. The molecule has 0 atom stereocenters. The van der Waals surface area contributed by atoms with Crippen molar-refractivity contribution in [1.82, 2.24) is 9.55 Å². The first-order valence-corrected chi connectivity index (χ1v) is 3.83. The van der Waals surface area contributed by atoms with Gasteiger partial charge >= 0.3 is 0 Å². The fourth-order valence-corrected chi connectivity index (χ4v) is 1.45. The number of hydrogen-bond donors (Lipinski definition) is 1. The van der Waals surface area contributed by atoms with Gasteiger partial charge in [-0.3, -0.25) is 4.79 Å². The number of nitrogens with one attached hydrogen (secondary N) is 1. The third-order valence-corrected chi connectivity index (χ3v) is 2.13. The third kappa shape index (κ3) is 0.794. The van der Waals surface area contributed by atoms with Gasteiger partial charge in [-0.25, -0.2) is 0 Å². The summed E-state index contributed by atoms with van der Waals surface area (Å²) < 4.78 is 1.83. The van der Waals surface area contributed by atoms with Gasteiger partial charge in [-0.1, -0.05) is 0 Å². The molecular formula is C9H10N2O. The molecule has 2 aromatic rings. The van der Waals surface area contributed by atoms with Crippen molar-refractivity contribution in [1.29, 1.82) is 0 Å². The number of aromatic amines is 1. The van der Waals surface area contributed by atoms with Gasteiger partial charge in [0.1, 0.15) is 5.52 Å². The van der Waals surface area contributed by atoms with Gasteiger partial charge in [0.05, 0.1) is 0 Å². The van der Waals surface area contributed by atoms with Gasteiger partial charge in [0.2, 0.25) is 0 Å². The van der Waals surface area contributed by atoms with E-state index in [0.717, 1.165) is 16.5 Å². The quantitative estimate of drug-likeness (QED) is 0.620. The van der Waals surface area contributed by atoms with Gasteiger partial charge in [0.15, 0.2) is 0 Å². The zero-order valence-electron chi connectivity index (χ0n) is 7.09. The molecule has 0 aliphatic carbocycles. The van der Waals surface area contributed by atoms with Crippen molar-refractivity contribution < 1.29 is 0 Å². The average molecular weight is 162 g/mol. The first-order valence-electron chi connectivity index (χ1n) is 3.83. The predicted octanol–water partition coefficient (Wildman–Crippen LogP) is 1.18. The third-order valence-electron chi connectivity index (χ3n) is 2.13. The minimum atomic E-state index is -0.0249. The van der Waals surface area contributed by atoms with Crippen molar-refractivity contribution in [3.05, 3.63) is 34.4 Å². The number of aromatic nitrogens is 2. The topological polar surface area (TPSA) is 37.8 Å². The molecule has 2 aromatic heterocycles. The highest BCUT2D eigenvalue weighted by molar-refractivity contribution is 5.82. The lowest BCUT2D eigenvalue weighted by molar-refractivity contribution is 0.957. The van der Waals surface area contributed by atoms with Gasteiger partial charge < -0.3 is 9.55 Å². The Morgan fingerprint density at radius 2 is 2.25 bits per heavy atom. The number of pyridine rings is 1. The fraction of sp³-hybridized carbons (Fsp3) is 0.222. The first kappa shape index (κ1) is 7.16. The molecule has 0 aliphatic rings. The number of fused-ring (bicyclic) bond motifs is 1. The number of rotatable bonds is 0. The predicted molar refractivity (Wildman–Crippen MR) is 48.3 cm³/mol. The molecule has 0 radical (unpaired) electrons. The molecule has 0 saturated heterocycles. The SMILES string of the molecule is Cc1c[nH]c(=O)c2c1ccn2C. The molecule has 0 fully saturated rings. The Hall–Kier alpha value is -1.51. The van der Waals surface area contributed by atoms with Crippen molar-refractivity contribution in [2.75, 3.05) is 0 Å². The lowest BCUT2D eigenvalue weighted by Crippen LogP contribution is -2.08. The van der Waals surface area contributed by atoms with Crippen LogP contribution in [-0.4, -0.2) is 9.55 Å². The van der Waals surface area contributed by atoms with E-state index in [4.69, 9.17) is 0 Å². The van der Waals surface area contributed by atoms with Crippen molar-refractivity contribution in [2.45, 2.75) is 6.92 Å². The van der Waals surface area contributed by atoms with Crippen LogP contribution in [0.3, 0.4) is 0 Å². The van der Waals surface area contributed by atoms with Crippen molar-refractivity contribution in [3.8, 4) is 0 Å². The van der Waals surface area contributed by atoms with E-state index in [-0.39, 0.29) is 5.56 Å². The van der Waals surface area contributed by atoms with Gasteiger partial charge in [0.25, 0.3) is 5.56 Å². The lowest BCUT2D eigenvalue weighted by atomic mass is 10.2. The molecule has 3 heteroatoms.